The molecule has 0 spiro atoms. The SMILES string of the molecule is Nc1ncc(CC(=O)O)cc1-c1cccc(F)c1. The summed E-state index contributed by atoms with van der Waals surface area (Å²) in [5.41, 5.74) is 7.36. The Bertz CT molecular complexity index is 599. The van der Waals surface area contributed by atoms with Gasteiger partial charge < -0.3 is 10.8 Å². The minimum absolute atomic E-state index is 0.143. The Balaban J connectivity index is 2.46. The van der Waals surface area contributed by atoms with Crippen LogP contribution in [0, 0.1) is 5.82 Å². The quantitative estimate of drug-likeness (QED) is 0.869. The van der Waals surface area contributed by atoms with E-state index in [0.29, 0.717) is 16.7 Å². The number of pyridine rings is 1. The van der Waals surface area contributed by atoms with Crippen LogP contribution < -0.4 is 5.73 Å². The summed E-state index contributed by atoms with van der Waals surface area (Å²) in [6.07, 6.45) is 1.27. The molecule has 5 heteroatoms. The number of nitrogen functional groups attached to an aromatic ring is 1. The van der Waals surface area contributed by atoms with Crippen LogP contribution in [0.3, 0.4) is 0 Å². The minimum atomic E-state index is -0.952. The van der Waals surface area contributed by atoms with E-state index in [4.69, 9.17) is 10.8 Å². The van der Waals surface area contributed by atoms with Crippen molar-refractivity contribution in [3.05, 3.63) is 47.9 Å². The zero-order valence-corrected chi connectivity index (χ0v) is 9.43. The number of hydrogen-bond donors (Lipinski definition) is 2. The zero-order chi connectivity index (χ0) is 13.1. The number of anilines is 1. The van der Waals surface area contributed by atoms with E-state index < -0.39 is 5.97 Å². The van der Waals surface area contributed by atoms with Gasteiger partial charge in [0.05, 0.1) is 6.42 Å². The number of carboxylic acid groups (broad SMARTS) is 1. The lowest BCUT2D eigenvalue weighted by Crippen LogP contribution is -2.03. The van der Waals surface area contributed by atoms with Crippen molar-refractivity contribution in [3.8, 4) is 11.1 Å². The Morgan fingerprint density at radius 3 is 2.83 bits per heavy atom. The number of nitrogens with zero attached hydrogens (tertiary/aromatic N) is 1. The van der Waals surface area contributed by atoms with Gasteiger partial charge in [-0.05, 0) is 29.3 Å². The van der Waals surface area contributed by atoms with Crippen molar-refractivity contribution in [3.63, 3.8) is 0 Å². The standard InChI is InChI=1S/C13H11FN2O2/c14-10-3-1-2-9(6-10)11-4-8(5-12(17)18)7-16-13(11)15/h1-4,6-7H,5H2,(H2,15,16)(H,17,18). The first-order chi connectivity index (χ1) is 8.56. The fourth-order valence-corrected chi connectivity index (χ4v) is 1.68. The average molecular weight is 246 g/mol. The molecule has 18 heavy (non-hydrogen) atoms. The monoisotopic (exact) mass is 246 g/mol. The first-order valence-corrected chi connectivity index (χ1v) is 5.28. The first-order valence-electron chi connectivity index (χ1n) is 5.28. The van der Waals surface area contributed by atoms with Gasteiger partial charge in [-0.25, -0.2) is 9.37 Å². The van der Waals surface area contributed by atoms with Crippen LogP contribution in [0.25, 0.3) is 11.1 Å². The predicted molar refractivity (Wildman–Crippen MR) is 65.4 cm³/mol. The van der Waals surface area contributed by atoms with Gasteiger partial charge in [-0.3, -0.25) is 4.79 Å². The molecule has 3 N–H and O–H groups in total. The lowest BCUT2D eigenvalue weighted by Gasteiger charge is -2.07. The van der Waals surface area contributed by atoms with Crippen molar-refractivity contribution in [2.75, 3.05) is 5.73 Å². The van der Waals surface area contributed by atoms with E-state index in [2.05, 4.69) is 4.98 Å². The summed E-state index contributed by atoms with van der Waals surface area (Å²) in [5.74, 6) is -1.09. The fraction of sp³-hybridized carbons (Fsp3) is 0.0769. The van der Waals surface area contributed by atoms with Gasteiger partial charge in [0.1, 0.15) is 11.6 Å². The lowest BCUT2D eigenvalue weighted by atomic mass is 10.0. The fourth-order valence-electron chi connectivity index (χ4n) is 1.68. The number of rotatable bonds is 3. The van der Waals surface area contributed by atoms with Crippen LogP contribution in [0.1, 0.15) is 5.56 Å². The Morgan fingerprint density at radius 1 is 1.39 bits per heavy atom. The van der Waals surface area contributed by atoms with Crippen molar-refractivity contribution in [1.82, 2.24) is 4.98 Å². The molecule has 1 aromatic heterocycles. The van der Waals surface area contributed by atoms with Gasteiger partial charge in [-0.15, -0.1) is 0 Å². The van der Waals surface area contributed by atoms with E-state index in [9.17, 15) is 9.18 Å². The van der Waals surface area contributed by atoms with E-state index in [1.807, 2.05) is 0 Å². The molecule has 0 aliphatic rings. The molecule has 0 aliphatic carbocycles. The minimum Gasteiger partial charge on any atom is -0.481 e. The number of benzene rings is 1. The Morgan fingerprint density at radius 2 is 2.17 bits per heavy atom. The molecule has 92 valence electrons. The van der Waals surface area contributed by atoms with Crippen LogP contribution in [0.5, 0.6) is 0 Å². The highest BCUT2D eigenvalue weighted by Crippen LogP contribution is 2.25. The van der Waals surface area contributed by atoms with Gasteiger partial charge >= 0.3 is 5.97 Å². The van der Waals surface area contributed by atoms with Gasteiger partial charge in [0.15, 0.2) is 0 Å². The Kier molecular flexibility index (Phi) is 3.23. The maximum absolute atomic E-state index is 13.1. The molecule has 0 unspecified atom stereocenters. The molecule has 0 atom stereocenters. The third kappa shape index (κ3) is 2.63. The molecule has 2 aromatic rings. The van der Waals surface area contributed by atoms with Crippen LogP contribution in [-0.2, 0) is 11.2 Å². The summed E-state index contributed by atoms with van der Waals surface area (Å²) in [5, 5.41) is 8.72. The lowest BCUT2D eigenvalue weighted by molar-refractivity contribution is -0.136. The molecule has 1 heterocycles. The second-order valence-corrected chi connectivity index (χ2v) is 3.86. The van der Waals surface area contributed by atoms with E-state index in [0.717, 1.165) is 0 Å². The van der Waals surface area contributed by atoms with Crippen LogP contribution in [0.15, 0.2) is 36.5 Å². The van der Waals surface area contributed by atoms with Crippen molar-refractivity contribution < 1.29 is 14.3 Å². The van der Waals surface area contributed by atoms with Crippen molar-refractivity contribution in [2.45, 2.75) is 6.42 Å². The molecule has 0 radical (unpaired) electrons. The number of nitrogens with two attached hydrogens (primary N) is 1. The number of hydrogen-bond acceptors (Lipinski definition) is 3. The average Bonchev–Trinajstić information content (AvgIpc) is 2.31. The summed E-state index contributed by atoms with van der Waals surface area (Å²) >= 11 is 0. The number of aliphatic carboxylic acids is 1. The number of carbonyl (C=O) groups is 1. The van der Waals surface area contributed by atoms with Crippen LogP contribution in [0.4, 0.5) is 10.2 Å². The smallest absolute Gasteiger partial charge is 0.307 e. The molecule has 0 aliphatic heterocycles. The van der Waals surface area contributed by atoms with E-state index in [-0.39, 0.29) is 18.1 Å². The highest BCUT2D eigenvalue weighted by Gasteiger charge is 2.08. The molecular weight excluding hydrogens is 235 g/mol. The molecule has 2 rings (SSSR count). The summed E-state index contributed by atoms with van der Waals surface area (Å²) in [6.45, 7) is 0. The third-order valence-corrected chi connectivity index (χ3v) is 2.47. The predicted octanol–water partition coefficient (Wildman–Crippen LogP) is 2.10. The normalized spacial score (nSPS) is 10.3. The maximum Gasteiger partial charge on any atom is 0.307 e. The van der Waals surface area contributed by atoms with Gasteiger partial charge in [-0.2, -0.15) is 0 Å². The molecule has 4 nitrogen and oxygen atoms in total. The van der Waals surface area contributed by atoms with Crippen molar-refractivity contribution >= 4 is 11.8 Å². The second kappa shape index (κ2) is 4.83. The largest absolute Gasteiger partial charge is 0.481 e. The molecule has 0 bridgehead atoms. The van der Waals surface area contributed by atoms with Gasteiger partial charge in [0.25, 0.3) is 0 Å². The van der Waals surface area contributed by atoms with E-state index in [1.165, 1.54) is 18.3 Å². The first kappa shape index (κ1) is 12.0. The molecule has 1 aromatic carbocycles. The summed E-state index contributed by atoms with van der Waals surface area (Å²) in [4.78, 5) is 14.6. The summed E-state index contributed by atoms with van der Waals surface area (Å²) in [6, 6.07) is 7.53. The third-order valence-electron chi connectivity index (χ3n) is 2.47. The highest BCUT2D eigenvalue weighted by molar-refractivity contribution is 5.76. The number of halogens is 1. The maximum atomic E-state index is 13.1. The van der Waals surface area contributed by atoms with Crippen LogP contribution in [-0.4, -0.2) is 16.1 Å². The van der Waals surface area contributed by atoms with E-state index in [1.54, 1.807) is 18.2 Å². The second-order valence-electron chi connectivity index (χ2n) is 3.86. The van der Waals surface area contributed by atoms with Crippen molar-refractivity contribution in [1.29, 1.82) is 0 Å². The molecule has 0 saturated heterocycles. The van der Waals surface area contributed by atoms with Crippen molar-refractivity contribution in [2.24, 2.45) is 0 Å². The summed E-state index contributed by atoms with van der Waals surface area (Å²) in [7, 11) is 0. The zero-order valence-electron chi connectivity index (χ0n) is 9.43. The van der Waals surface area contributed by atoms with Gasteiger partial charge in [0, 0.05) is 11.8 Å². The van der Waals surface area contributed by atoms with Crippen LogP contribution >= 0.6 is 0 Å². The Hall–Kier alpha value is -2.43. The summed E-state index contributed by atoms with van der Waals surface area (Å²) < 4.78 is 13.1. The topological polar surface area (TPSA) is 76.2 Å². The Labute approximate surface area is 103 Å². The number of aromatic nitrogens is 1. The van der Waals surface area contributed by atoms with E-state index >= 15 is 0 Å². The van der Waals surface area contributed by atoms with Gasteiger partial charge in [-0.1, -0.05) is 12.1 Å². The molecular formula is C13H11FN2O2. The molecule has 0 fully saturated rings. The van der Waals surface area contributed by atoms with Crippen LogP contribution in [0.2, 0.25) is 0 Å². The molecule has 0 amide bonds. The number of carboxylic acids is 1. The molecule has 0 saturated carbocycles. The highest BCUT2D eigenvalue weighted by atomic mass is 19.1. The van der Waals surface area contributed by atoms with Gasteiger partial charge in [0.2, 0.25) is 0 Å².